The number of aryl methyl sites for hydroxylation is 2. The molecule has 0 atom stereocenters. The molecule has 0 saturated carbocycles. The summed E-state index contributed by atoms with van der Waals surface area (Å²) in [5, 5.41) is 0.130. The Morgan fingerprint density at radius 2 is 2.00 bits per heavy atom. The van der Waals surface area contributed by atoms with E-state index in [2.05, 4.69) is 23.6 Å². The van der Waals surface area contributed by atoms with E-state index in [-0.39, 0.29) is 5.03 Å². The summed E-state index contributed by atoms with van der Waals surface area (Å²) in [5.41, 5.74) is 1.81. The fourth-order valence-electron chi connectivity index (χ4n) is 2.23. The second kappa shape index (κ2) is 5.93. The van der Waals surface area contributed by atoms with Gasteiger partial charge in [-0.2, -0.15) is 0 Å². The van der Waals surface area contributed by atoms with Crippen molar-refractivity contribution in [3.05, 3.63) is 29.7 Å². The van der Waals surface area contributed by atoms with Crippen LogP contribution in [0.25, 0.3) is 5.52 Å². The number of imidazole rings is 1. The largest absolute Gasteiger partial charge is 0.302 e. The van der Waals surface area contributed by atoms with Gasteiger partial charge in [0.25, 0.3) is 10.0 Å². The van der Waals surface area contributed by atoms with Gasteiger partial charge in [-0.1, -0.05) is 26.8 Å². The van der Waals surface area contributed by atoms with Crippen molar-refractivity contribution in [1.82, 2.24) is 14.1 Å². The summed E-state index contributed by atoms with van der Waals surface area (Å²) < 4.78 is 28.9. The minimum absolute atomic E-state index is 0.130. The first-order chi connectivity index (χ1) is 9.53. The number of nitrogens with zero attached hydrogens (tertiary/aromatic N) is 2. The molecule has 0 radical (unpaired) electrons. The third-order valence-corrected chi connectivity index (χ3v) is 4.69. The highest BCUT2D eigenvalue weighted by molar-refractivity contribution is 7.89. The van der Waals surface area contributed by atoms with Gasteiger partial charge in [-0.05, 0) is 24.5 Å². The Morgan fingerprint density at radius 3 is 2.60 bits per heavy atom. The molecule has 0 aliphatic heterocycles. The molecular formula is C14H21N3O2S. The fourth-order valence-corrected chi connectivity index (χ4v) is 3.41. The zero-order valence-electron chi connectivity index (χ0n) is 12.2. The first-order valence-corrected chi connectivity index (χ1v) is 8.51. The third kappa shape index (κ3) is 2.71. The molecule has 0 amide bonds. The van der Waals surface area contributed by atoms with Crippen LogP contribution >= 0.6 is 0 Å². The lowest BCUT2D eigenvalue weighted by atomic mass is 10.2. The number of aromatic nitrogens is 2. The molecule has 2 heterocycles. The monoisotopic (exact) mass is 295 g/mol. The molecule has 2 aromatic heterocycles. The quantitative estimate of drug-likeness (QED) is 0.888. The van der Waals surface area contributed by atoms with E-state index in [1.165, 1.54) is 5.56 Å². The van der Waals surface area contributed by atoms with Crippen LogP contribution in [0.1, 0.15) is 38.6 Å². The average molecular weight is 295 g/mol. The van der Waals surface area contributed by atoms with E-state index in [9.17, 15) is 8.42 Å². The van der Waals surface area contributed by atoms with Crippen LogP contribution in [0.2, 0.25) is 0 Å². The second-order valence-electron chi connectivity index (χ2n) is 4.73. The van der Waals surface area contributed by atoms with Gasteiger partial charge in [0.05, 0.1) is 5.52 Å². The number of pyridine rings is 1. The van der Waals surface area contributed by atoms with Crippen molar-refractivity contribution in [1.29, 1.82) is 0 Å². The molecule has 0 aromatic carbocycles. The topological polar surface area (TPSA) is 63.5 Å². The molecule has 0 bridgehead atoms. The Labute approximate surface area is 120 Å². The smallest absolute Gasteiger partial charge is 0.260 e. The van der Waals surface area contributed by atoms with Gasteiger partial charge in [-0.15, -0.1) is 0 Å². The van der Waals surface area contributed by atoms with Crippen LogP contribution in [0, 0.1) is 0 Å². The molecule has 110 valence electrons. The van der Waals surface area contributed by atoms with Crippen molar-refractivity contribution in [3.8, 4) is 0 Å². The molecule has 0 aliphatic carbocycles. The standard InChI is InChI=1S/C14H21N3O2S/c1-4-7-13-16-14(20(18,19)15-6-3)12-9-8-11(5-2)10-17(12)13/h8-10,15H,4-7H2,1-3H3. The van der Waals surface area contributed by atoms with Gasteiger partial charge in [-0.25, -0.2) is 18.1 Å². The summed E-state index contributed by atoms with van der Waals surface area (Å²) >= 11 is 0. The van der Waals surface area contributed by atoms with Crippen molar-refractivity contribution in [2.24, 2.45) is 0 Å². The molecule has 6 heteroatoms. The molecule has 0 aliphatic rings. The Balaban J connectivity index is 2.67. The molecule has 2 aromatic rings. The van der Waals surface area contributed by atoms with E-state index < -0.39 is 10.0 Å². The highest BCUT2D eigenvalue weighted by Crippen LogP contribution is 2.20. The van der Waals surface area contributed by atoms with Gasteiger partial charge in [0.1, 0.15) is 5.82 Å². The van der Waals surface area contributed by atoms with Crippen LogP contribution in [0.15, 0.2) is 23.4 Å². The van der Waals surface area contributed by atoms with E-state index in [0.29, 0.717) is 12.1 Å². The van der Waals surface area contributed by atoms with E-state index >= 15 is 0 Å². The van der Waals surface area contributed by atoms with Gasteiger partial charge in [0.15, 0.2) is 5.03 Å². The van der Waals surface area contributed by atoms with Crippen LogP contribution in [0.4, 0.5) is 0 Å². The number of rotatable bonds is 6. The SMILES string of the molecule is CCCc1nc(S(=O)(=O)NCC)c2ccc(CC)cn12. The van der Waals surface area contributed by atoms with Crippen molar-refractivity contribution < 1.29 is 8.42 Å². The summed E-state index contributed by atoms with van der Waals surface area (Å²) in [7, 11) is -3.54. The van der Waals surface area contributed by atoms with Gasteiger partial charge in [-0.3, -0.25) is 0 Å². The highest BCUT2D eigenvalue weighted by Gasteiger charge is 2.22. The summed E-state index contributed by atoms with van der Waals surface area (Å²) in [6, 6.07) is 3.80. The van der Waals surface area contributed by atoms with Gasteiger partial charge in [0, 0.05) is 19.2 Å². The summed E-state index contributed by atoms with van der Waals surface area (Å²) in [5.74, 6) is 0.800. The van der Waals surface area contributed by atoms with Crippen LogP contribution in [-0.2, 0) is 22.9 Å². The first kappa shape index (κ1) is 15.0. The van der Waals surface area contributed by atoms with Crippen molar-refractivity contribution in [2.45, 2.75) is 45.1 Å². The number of nitrogens with one attached hydrogen (secondary N) is 1. The van der Waals surface area contributed by atoms with E-state index in [4.69, 9.17) is 0 Å². The summed E-state index contributed by atoms with van der Waals surface area (Å²) in [6.45, 7) is 6.26. The Morgan fingerprint density at radius 1 is 1.25 bits per heavy atom. The first-order valence-electron chi connectivity index (χ1n) is 7.03. The molecule has 2 rings (SSSR count). The molecule has 5 nitrogen and oxygen atoms in total. The maximum atomic E-state index is 12.2. The number of hydrogen-bond acceptors (Lipinski definition) is 3. The fraction of sp³-hybridized carbons (Fsp3) is 0.500. The number of fused-ring (bicyclic) bond motifs is 1. The predicted octanol–water partition coefficient (Wildman–Crippen LogP) is 2.15. The van der Waals surface area contributed by atoms with E-state index in [1.54, 1.807) is 6.92 Å². The van der Waals surface area contributed by atoms with Crippen LogP contribution < -0.4 is 4.72 Å². The van der Waals surface area contributed by atoms with Gasteiger partial charge in [0.2, 0.25) is 0 Å². The minimum Gasteiger partial charge on any atom is -0.302 e. The van der Waals surface area contributed by atoms with Crippen molar-refractivity contribution in [2.75, 3.05) is 6.54 Å². The van der Waals surface area contributed by atoms with Gasteiger partial charge < -0.3 is 4.40 Å². The normalized spacial score (nSPS) is 12.2. The molecule has 0 spiro atoms. The lowest BCUT2D eigenvalue weighted by Crippen LogP contribution is -2.23. The summed E-state index contributed by atoms with van der Waals surface area (Å²) in [4.78, 5) is 4.36. The van der Waals surface area contributed by atoms with Crippen molar-refractivity contribution >= 4 is 15.5 Å². The Hall–Kier alpha value is -1.40. The van der Waals surface area contributed by atoms with Crippen molar-refractivity contribution in [3.63, 3.8) is 0 Å². The highest BCUT2D eigenvalue weighted by atomic mass is 32.2. The molecular weight excluding hydrogens is 274 g/mol. The minimum atomic E-state index is -3.54. The number of hydrogen-bond donors (Lipinski definition) is 1. The maximum Gasteiger partial charge on any atom is 0.260 e. The predicted molar refractivity (Wildman–Crippen MR) is 79.4 cm³/mol. The maximum absolute atomic E-state index is 12.2. The second-order valence-corrected chi connectivity index (χ2v) is 6.41. The van der Waals surface area contributed by atoms with E-state index in [0.717, 1.165) is 25.1 Å². The zero-order valence-corrected chi connectivity index (χ0v) is 13.0. The molecule has 1 N–H and O–H groups in total. The van der Waals surface area contributed by atoms with Crippen LogP contribution in [0.5, 0.6) is 0 Å². The Kier molecular flexibility index (Phi) is 4.45. The molecule has 0 unspecified atom stereocenters. The lowest BCUT2D eigenvalue weighted by molar-refractivity contribution is 0.581. The Bertz CT molecular complexity index is 705. The average Bonchev–Trinajstić information content (AvgIpc) is 2.78. The number of sulfonamides is 1. The van der Waals surface area contributed by atoms with E-state index in [1.807, 2.05) is 22.7 Å². The third-order valence-electron chi connectivity index (χ3n) is 3.21. The van der Waals surface area contributed by atoms with Crippen LogP contribution in [-0.4, -0.2) is 24.3 Å². The molecule has 20 heavy (non-hydrogen) atoms. The zero-order chi connectivity index (χ0) is 14.8. The lowest BCUT2D eigenvalue weighted by Gasteiger charge is -2.03. The molecule has 0 fully saturated rings. The van der Waals surface area contributed by atoms with Crippen LogP contribution in [0.3, 0.4) is 0 Å². The summed E-state index contributed by atoms with van der Waals surface area (Å²) in [6.07, 6.45) is 4.58. The van der Waals surface area contributed by atoms with Gasteiger partial charge >= 0.3 is 0 Å². The molecule has 0 saturated heterocycles.